The van der Waals surface area contributed by atoms with Gasteiger partial charge in [-0.05, 0) is 6.07 Å². The van der Waals surface area contributed by atoms with E-state index in [1.807, 2.05) is 0 Å². The first-order valence-corrected chi connectivity index (χ1v) is 4.75. The number of H-pyrrole nitrogens is 1. The van der Waals surface area contributed by atoms with Gasteiger partial charge >= 0.3 is 6.18 Å². The molecule has 0 aliphatic rings. The average molecular weight is 264 g/mol. The van der Waals surface area contributed by atoms with Crippen molar-refractivity contribution in [1.29, 1.82) is 0 Å². The number of pyridine rings is 1. The minimum absolute atomic E-state index is 0.125. The largest absolute Gasteiger partial charge is 0.439 e. The van der Waals surface area contributed by atoms with E-state index in [9.17, 15) is 13.2 Å². The fraction of sp³-hybridized carbons (Fsp3) is 0.111. The van der Waals surface area contributed by atoms with Crippen molar-refractivity contribution in [2.24, 2.45) is 0 Å². The van der Waals surface area contributed by atoms with Crippen LogP contribution in [0.2, 0.25) is 5.15 Å². The van der Waals surface area contributed by atoms with Gasteiger partial charge in [-0.3, -0.25) is 0 Å². The molecule has 90 valence electrons. The highest BCUT2D eigenvalue weighted by Gasteiger charge is 2.34. The molecule has 2 heterocycles. The summed E-state index contributed by atoms with van der Waals surface area (Å²) in [6, 6.07) is 3.59. The van der Waals surface area contributed by atoms with Crippen molar-refractivity contribution in [1.82, 2.24) is 15.2 Å². The maximum atomic E-state index is 12.2. The summed E-state index contributed by atoms with van der Waals surface area (Å²) >= 11 is 5.59. The molecule has 2 aromatic rings. The second kappa shape index (κ2) is 4.25. The average Bonchev–Trinajstić information content (AvgIpc) is 2.65. The van der Waals surface area contributed by atoms with Crippen LogP contribution in [-0.4, -0.2) is 15.2 Å². The molecule has 0 radical (unpaired) electrons. The van der Waals surface area contributed by atoms with Crippen molar-refractivity contribution in [3.63, 3.8) is 0 Å². The Bertz CT molecular complexity index is 526. The van der Waals surface area contributed by atoms with Gasteiger partial charge in [0.05, 0.1) is 0 Å². The van der Waals surface area contributed by atoms with Gasteiger partial charge in [-0.1, -0.05) is 11.6 Å². The molecular weight excluding hydrogens is 259 g/mol. The summed E-state index contributed by atoms with van der Waals surface area (Å²) in [5.41, 5.74) is -1.05. The van der Waals surface area contributed by atoms with Gasteiger partial charge in [0.1, 0.15) is 10.9 Å². The molecular formula is C9H5ClF3N3O. The lowest BCUT2D eigenvalue weighted by atomic mass is 10.4. The fourth-order valence-corrected chi connectivity index (χ4v) is 1.24. The van der Waals surface area contributed by atoms with Crippen LogP contribution in [0.25, 0.3) is 0 Å². The summed E-state index contributed by atoms with van der Waals surface area (Å²) in [5, 5.41) is 5.39. The third-order valence-corrected chi connectivity index (χ3v) is 1.98. The van der Waals surface area contributed by atoms with E-state index in [0.29, 0.717) is 0 Å². The van der Waals surface area contributed by atoms with Gasteiger partial charge in [-0.25, -0.2) is 10.1 Å². The number of hydrogen-bond donors (Lipinski definition) is 1. The normalized spacial score (nSPS) is 11.5. The predicted molar refractivity (Wildman–Crippen MR) is 52.9 cm³/mol. The Kier molecular flexibility index (Phi) is 2.93. The Morgan fingerprint density at radius 3 is 2.65 bits per heavy atom. The Labute approximate surface area is 98.4 Å². The third-order valence-electron chi connectivity index (χ3n) is 1.77. The Balaban J connectivity index is 2.17. The summed E-state index contributed by atoms with van der Waals surface area (Å²) in [7, 11) is 0. The molecule has 0 unspecified atom stereocenters. The lowest BCUT2D eigenvalue weighted by Gasteiger charge is -2.01. The first-order valence-electron chi connectivity index (χ1n) is 4.37. The molecule has 4 nitrogen and oxygen atoms in total. The summed E-state index contributed by atoms with van der Waals surface area (Å²) in [6.45, 7) is 0. The van der Waals surface area contributed by atoms with Gasteiger partial charge in [0.25, 0.3) is 0 Å². The molecule has 0 saturated heterocycles. The topological polar surface area (TPSA) is 50.8 Å². The van der Waals surface area contributed by atoms with Crippen LogP contribution in [0.4, 0.5) is 13.2 Å². The van der Waals surface area contributed by atoms with Gasteiger partial charge in [-0.15, -0.1) is 0 Å². The lowest BCUT2D eigenvalue weighted by molar-refractivity contribution is -0.141. The molecule has 0 fully saturated rings. The van der Waals surface area contributed by atoms with E-state index in [-0.39, 0.29) is 16.8 Å². The van der Waals surface area contributed by atoms with Crippen LogP contribution in [0.1, 0.15) is 5.69 Å². The van der Waals surface area contributed by atoms with Crippen molar-refractivity contribution in [2.75, 3.05) is 0 Å². The maximum absolute atomic E-state index is 12.2. The molecule has 0 spiro atoms. The molecule has 17 heavy (non-hydrogen) atoms. The lowest BCUT2D eigenvalue weighted by Crippen LogP contribution is -2.04. The van der Waals surface area contributed by atoms with E-state index in [1.54, 1.807) is 0 Å². The van der Waals surface area contributed by atoms with E-state index in [0.717, 1.165) is 6.07 Å². The van der Waals surface area contributed by atoms with Crippen LogP contribution in [0.3, 0.4) is 0 Å². The number of aromatic amines is 1. The molecule has 0 amide bonds. The second-order valence-electron chi connectivity index (χ2n) is 3.03. The third kappa shape index (κ3) is 2.88. The number of nitrogens with zero attached hydrogens (tertiary/aromatic N) is 2. The number of hydrogen-bond acceptors (Lipinski definition) is 3. The minimum atomic E-state index is -4.51. The van der Waals surface area contributed by atoms with Crippen LogP contribution < -0.4 is 4.74 Å². The first kappa shape index (κ1) is 11.7. The smallest absolute Gasteiger partial charge is 0.435 e. The van der Waals surface area contributed by atoms with Crippen LogP contribution in [0, 0.1) is 0 Å². The summed E-state index contributed by atoms with van der Waals surface area (Å²) < 4.78 is 41.8. The monoisotopic (exact) mass is 263 g/mol. The number of rotatable bonds is 2. The van der Waals surface area contributed by atoms with Gasteiger partial charge in [-0.2, -0.15) is 18.3 Å². The molecule has 0 aromatic carbocycles. The zero-order valence-electron chi connectivity index (χ0n) is 8.12. The van der Waals surface area contributed by atoms with Crippen LogP contribution in [0.15, 0.2) is 24.4 Å². The highest BCUT2D eigenvalue weighted by molar-refractivity contribution is 6.29. The van der Waals surface area contributed by atoms with Crippen molar-refractivity contribution < 1.29 is 17.9 Å². The molecule has 0 saturated carbocycles. The standard InChI is InChI=1S/C9H5ClF3N3O/c10-7-3-5(1-2-14-7)17-8-4-6(15-16-8)9(11,12)13/h1-4H,(H,15,16). The van der Waals surface area contributed by atoms with E-state index in [2.05, 4.69) is 15.2 Å². The zero-order chi connectivity index (χ0) is 12.5. The Morgan fingerprint density at radius 1 is 1.29 bits per heavy atom. The van der Waals surface area contributed by atoms with Crippen molar-refractivity contribution in [3.05, 3.63) is 35.2 Å². The maximum Gasteiger partial charge on any atom is 0.435 e. The first-order chi connectivity index (χ1) is 7.95. The summed E-state index contributed by atoms with van der Waals surface area (Å²) in [4.78, 5) is 3.71. The van der Waals surface area contributed by atoms with Crippen molar-refractivity contribution in [2.45, 2.75) is 6.18 Å². The molecule has 0 bridgehead atoms. The Morgan fingerprint density at radius 2 is 2.06 bits per heavy atom. The molecule has 0 atom stereocenters. The van der Waals surface area contributed by atoms with Crippen molar-refractivity contribution >= 4 is 11.6 Å². The molecule has 0 aliphatic carbocycles. The highest BCUT2D eigenvalue weighted by Crippen LogP contribution is 2.30. The summed E-state index contributed by atoms with van der Waals surface area (Å²) in [6.07, 6.45) is -3.13. The number of aromatic nitrogens is 3. The second-order valence-corrected chi connectivity index (χ2v) is 3.42. The van der Waals surface area contributed by atoms with Crippen LogP contribution in [-0.2, 0) is 6.18 Å². The number of nitrogens with one attached hydrogen (secondary N) is 1. The van der Waals surface area contributed by atoms with Crippen LogP contribution >= 0.6 is 11.6 Å². The Hall–Kier alpha value is -1.76. The van der Waals surface area contributed by atoms with Gasteiger partial charge in [0.15, 0.2) is 5.69 Å². The van der Waals surface area contributed by atoms with Gasteiger partial charge in [0, 0.05) is 18.3 Å². The highest BCUT2D eigenvalue weighted by atomic mass is 35.5. The molecule has 0 aliphatic heterocycles. The molecule has 1 N–H and O–H groups in total. The minimum Gasteiger partial charge on any atom is -0.439 e. The van der Waals surface area contributed by atoms with Gasteiger partial charge < -0.3 is 4.74 Å². The van der Waals surface area contributed by atoms with E-state index >= 15 is 0 Å². The van der Waals surface area contributed by atoms with Gasteiger partial charge in [0.2, 0.25) is 5.88 Å². The quantitative estimate of drug-likeness (QED) is 0.846. The predicted octanol–water partition coefficient (Wildman–Crippen LogP) is 3.27. The fourth-order valence-electron chi connectivity index (χ4n) is 1.08. The number of ether oxygens (including phenoxy) is 1. The number of alkyl halides is 3. The molecule has 2 rings (SSSR count). The van der Waals surface area contributed by atoms with E-state index < -0.39 is 11.9 Å². The van der Waals surface area contributed by atoms with Crippen molar-refractivity contribution in [3.8, 4) is 11.6 Å². The SMILES string of the molecule is FC(F)(F)c1cc(Oc2ccnc(Cl)c2)[nH]n1. The number of halogens is 4. The zero-order valence-corrected chi connectivity index (χ0v) is 8.88. The van der Waals surface area contributed by atoms with E-state index in [4.69, 9.17) is 16.3 Å². The summed E-state index contributed by atoms with van der Waals surface area (Å²) in [5.74, 6) is 0.141. The van der Waals surface area contributed by atoms with Crippen LogP contribution in [0.5, 0.6) is 11.6 Å². The molecule has 8 heteroatoms. The molecule has 2 aromatic heterocycles. The van der Waals surface area contributed by atoms with E-state index in [1.165, 1.54) is 18.3 Å².